The van der Waals surface area contributed by atoms with E-state index in [9.17, 15) is 4.39 Å². The van der Waals surface area contributed by atoms with Crippen LogP contribution in [0.3, 0.4) is 0 Å². The highest BCUT2D eigenvalue weighted by atomic mass is 19.1. The van der Waals surface area contributed by atoms with Gasteiger partial charge in [-0.25, -0.2) is 4.39 Å². The van der Waals surface area contributed by atoms with E-state index in [0.29, 0.717) is 0 Å². The van der Waals surface area contributed by atoms with Crippen LogP contribution >= 0.6 is 0 Å². The Bertz CT molecular complexity index is 522. The summed E-state index contributed by atoms with van der Waals surface area (Å²) in [5, 5.41) is 3.47. The van der Waals surface area contributed by atoms with E-state index in [2.05, 4.69) is 24.4 Å². The van der Waals surface area contributed by atoms with E-state index in [-0.39, 0.29) is 11.9 Å². The molecule has 1 atom stereocenters. The smallest absolute Gasteiger partial charge is 0.123 e. The van der Waals surface area contributed by atoms with Gasteiger partial charge in [0.05, 0.1) is 0 Å². The fraction of sp³-hybridized carbons (Fsp3) is 0.294. The van der Waals surface area contributed by atoms with Crippen molar-refractivity contribution in [2.45, 2.75) is 26.3 Å². The highest BCUT2D eigenvalue weighted by molar-refractivity contribution is 5.30. The lowest BCUT2D eigenvalue weighted by Gasteiger charge is -2.19. The first-order valence-corrected chi connectivity index (χ1v) is 6.74. The van der Waals surface area contributed by atoms with Gasteiger partial charge >= 0.3 is 0 Å². The van der Waals surface area contributed by atoms with Crippen molar-refractivity contribution < 1.29 is 4.39 Å². The zero-order valence-corrected chi connectivity index (χ0v) is 11.5. The summed E-state index contributed by atoms with van der Waals surface area (Å²) in [6, 6.07) is 15.6. The van der Waals surface area contributed by atoms with E-state index in [1.807, 2.05) is 31.2 Å². The van der Waals surface area contributed by atoms with Crippen LogP contribution in [0.1, 0.15) is 29.7 Å². The molecule has 0 heterocycles. The van der Waals surface area contributed by atoms with E-state index >= 15 is 0 Å². The van der Waals surface area contributed by atoms with Crippen LogP contribution in [0.4, 0.5) is 4.39 Å². The van der Waals surface area contributed by atoms with Gasteiger partial charge in [-0.15, -0.1) is 0 Å². The number of likely N-dealkylation sites (N-methyl/N-ethyl adjacent to an activating group) is 1. The number of benzene rings is 2. The maximum atomic E-state index is 13.4. The standard InChI is InChI=1S/C17H20FN/c1-3-19-17(14-7-5-4-6-8-14)12-15-11-16(18)10-9-13(15)2/h4-11,17,19H,3,12H2,1-2H3. The molecule has 0 aliphatic heterocycles. The summed E-state index contributed by atoms with van der Waals surface area (Å²) in [6.45, 7) is 5.02. The number of nitrogens with one attached hydrogen (secondary N) is 1. The lowest BCUT2D eigenvalue weighted by atomic mass is 9.96. The Morgan fingerprint density at radius 2 is 1.84 bits per heavy atom. The van der Waals surface area contributed by atoms with Crippen molar-refractivity contribution in [2.75, 3.05) is 6.54 Å². The molecular formula is C17H20FN. The van der Waals surface area contributed by atoms with E-state index in [1.165, 1.54) is 11.6 Å². The number of hydrogen-bond acceptors (Lipinski definition) is 1. The quantitative estimate of drug-likeness (QED) is 0.852. The van der Waals surface area contributed by atoms with Crippen molar-refractivity contribution in [1.29, 1.82) is 0 Å². The van der Waals surface area contributed by atoms with Crippen molar-refractivity contribution in [2.24, 2.45) is 0 Å². The Hall–Kier alpha value is -1.67. The molecule has 1 nitrogen and oxygen atoms in total. The molecule has 0 bridgehead atoms. The van der Waals surface area contributed by atoms with E-state index in [1.54, 1.807) is 6.07 Å². The summed E-state index contributed by atoms with van der Waals surface area (Å²) in [5.41, 5.74) is 3.45. The van der Waals surface area contributed by atoms with Crippen LogP contribution in [-0.4, -0.2) is 6.54 Å². The molecule has 0 spiro atoms. The van der Waals surface area contributed by atoms with E-state index in [0.717, 1.165) is 24.1 Å². The second-order valence-electron chi connectivity index (χ2n) is 4.80. The molecule has 0 aromatic heterocycles. The highest BCUT2D eigenvalue weighted by Gasteiger charge is 2.12. The van der Waals surface area contributed by atoms with Gasteiger partial charge in [0.1, 0.15) is 5.82 Å². The van der Waals surface area contributed by atoms with Gasteiger partial charge in [-0.2, -0.15) is 0 Å². The molecule has 100 valence electrons. The van der Waals surface area contributed by atoms with Gasteiger partial charge in [0.25, 0.3) is 0 Å². The fourth-order valence-electron chi connectivity index (χ4n) is 2.32. The van der Waals surface area contributed by atoms with Crippen LogP contribution < -0.4 is 5.32 Å². The maximum absolute atomic E-state index is 13.4. The van der Waals surface area contributed by atoms with Gasteiger partial charge in [-0.05, 0) is 48.7 Å². The molecule has 2 aromatic rings. The van der Waals surface area contributed by atoms with Crippen LogP contribution in [-0.2, 0) is 6.42 Å². The summed E-state index contributed by atoms with van der Waals surface area (Å²) in [4.78, 5) is 0. The van der Waals surface area contributed by atoms with E-state index < -0.39 is 0 Å². The van der Waals surface area contributed by atoms with Crippen LogP contribution in [0.5, 0.6) is 0 Å². The third-order valence-electron chi connectivity index (χ3n) is 3.39. The SMILES string of the molecule is CCNC(Cc1cc(F)ccc1C)c1ccccc1. The van der Waals surface area contributed by atoms with Crippen LogP contribution in [0.15, 0.2) is 48.5 Å². The fourth-order valence-corrected chi connectivity index (χ4v) is 2.32. The predicted molar refractivity (Wildman–Crippen MR) is 77.7 cm³/mol. The molecule has 0 saturated heterocycles. The monoisotopic (exact) mass is 257 g/mol. The molecule has 19 heavy (non-hydrogen) atoms. The summed E-state index contributed by atoms with van der Waals surface area (Å²) >= 11 is 0. The molecule has 0 saturated carbocycles. The second kappa shape index (κ2) is 6.48. The molecule has 0 radical (unpaired) electrons. The Morgan fingerprint density at radius 1 is 1.11 bits per heavy atom. The van der Waals surface area contributed by atoms with Crippen LogP contribution in [0.25, 0.3) is 0 Å². The molecule has 2 heteroatoms. The topological polar surface area (TPSA) is 12.0 Å². The number of aryl methyl sites for hydroxylation is 1. The molecule has 1 unspecified atom stereocenters. The minimum atomic E-state index is -0.163. The van der Waals surface area contributed by atoms with Crippen molar-refractivity contribution >= 4 is 0 Å². The average Bonchev–Trinajstić information content (AvgIpc) is 2.43. The predicted octanol–water partition coefficient (Wildman–Crippen LogP) is 4.03. The van der Waals surface area contributed by atoms with Crippen molar-refractivity contribution in [3.05, 3.63) is 71.0 Å². The molecule has 1 N–H and O–H groups in total. The van der Waals surface area contributed by atoms with Gasteiger partial charge in [-0.3, -0.25) is 0 Å². The Kier molecular flexibility index (Phi) is 4.69. The average molecular weight is 257 g/mol. The minimum absolute atomic E-state index is 0.163. The minimum Gasteiger partial charge on any atom is -0.310 e. The third kappa shape index (κ3) is 3.65. The van der Waals surface area contributed by atoms with Gasteiger partial charge in [0, 0.05) is 6.04 Å². The molecule has 0 aliphatic rings. The number of hydrogen-bond donors (Lipinski definition) is 1. The summed E-state index contributed by atoms with van der Waals surface area (Å²) in [5.74, 6) is -0.163. The van der Waals surface area contributed by atoms with Crippen molar-refractivity contribution in [1.82, 2.24) is 5.32 Å². The summed E-state index contributed by atoms with van der Waals surface area (Å²) < 4.78 is 13.4. The van der Waals surface area contributed by atoms with Gasteiger partial charge in [0.2, 0.25) is 0 Å². The van der Waals surface area contributed by atoms with Gasteiger partial charge < -0.3 is 5.32 Å². The summed E-state index contributed by atoms with van der Waals surface area (Å²) in [7, 11) is 0. The Morgan fingerprint density at radius 3 is 2.53 bits per heavy atom. The molecule has 2 aromatic carbocycles. The highest BCUT2D eigenvalue weighted by Crippen LogP contribution is 2.21. The van der Waals surface area contributed by atoms with Gasteiger partial charge in [-0.1, -0.05) is 43.3 Å². The first kappa shape index (κ1) is 13.8. The lowest BCUT2D eigenvalue weighted by Crippen LogP contribution is -2.23. The first-order chi connectivity index (χ1) is 9.20. The third-order valence-corrected chi connectivity index (χ3v) is 3.39. The largest absolute Gasteiger partial charge is 0.310 e. The normalized spacial score (nSPS) is 12.4. The van der Waals surface area contributed by atoms with Crippen molar-refractivity contribution in [3.63, 3.8) is 0 Å². The Labute approximate surface area is 114 Å². The number of halogens is 1. The maximum Gasteiger partial charge on any atom is 0.123 e. The van der Waals surface area contributed by atoms with Crippen LogP contribution in [0, 0.1) is 12.7 Å². The Balaban J connectivity index is 2.24. The second-order valence-corrected chi connectivity index (χ2v) is 4.80. The molecule has 0 aliphatic carbocycles. The molecule has 0 amide bonds. The summed E-state index contributed by atoms with van der Waals surface area (Å²) in [6.07, 6.45) is 0.807. The molecule has 0 fully saturated rings. The number of rotatable bonds is 5. The zero-order valence-electron chi connectivity index (χ0n) is 11.5. The molecular weight excluding hydrogens is 237 g/mol. The van der Waals surface area contributed by atoms with Crippen LogP contribution in [0.2, 0.25) is 0 Å². The van der Waals surface area contributed by atoms with E-state index in [4.69, 9.17) is 0 Å². The lowest BCUT2D eigenvalue weighted by molar-refractivity contribution is 0.545. The first-order valence-electron chi connectivity index (χ1n) is 6.74. The zero-order chi connectivity index (χ0) is 13.7. The van der Waals surface area contributed by atoms with Gasteiger partial charge in [0.15, 0.2) is 0 Å². The molecule has 2 rings (SSSR count). The van der Waals surface area contributed by atoms with Crippen molar-refractivity contribution in [3.8, 4) is 0 Å².